The summed E-state index contributed by atoms with van der Waals surface area (Å²) in [5.41, 5.74) is -0.214. The third-order valence-electron chi connectivity index (χ3n) is 3.30. The number of halogens is 1. The highest BCUT2D eigenvalue weighted by Gasteiger charge is 2.29. The van der Waals surface area contributed by atoms with Crippen LogP contribution in [0.3, 0.4) is 0 Å². The molecule has 0 unspecified atom stereocenters. The molecule has 1 aromatic heterocycles. The minimum absolute atomic E-state index is 0.103. The molecule has 4 nitrogen and oxygen atoms in total. The molecule has 1 aromatic rings. The van der Waals surface area contributed by atoms with Gasteiger partial charge in [-0.2, -0.15) is 0 Å². The van der Waals surface area contributed by atoms with Crippen LogP contribution in [0.2, 0.25) is 0 Å². The zero-order valence-electron chi connectivity index (χ0n) is 10.6. The van der Waals surface area contributed by atoms with E-state index in [1.165, 1.54) is 12.3 Å². The van der Waals surface area contributed by atoms with Gasteiger partial charge in [-0.25, -0.2) is 14.2 Å². The van der Waals surface area contributed by atoms with Gasteiger partial charge in [0.05, 0.1) is 0 Å². The highest BCUT2D eigenvalue weighted by atomic mass is 19.1. The summed E-state index contributed by atoms with van der Waals surface area (Å²) in [6.07, 6.45) is 3.40. The fraction of sp³-hybridized carbons (Fsp3) is 0.538. The third-order valence-corrected chi connectivity index (χ3v) is 3.30. The Balaban J connectivity index is 2.34. The minimum Gasteiger partial charge on any atom is -0.478 e. The first-order valence-electron chi connectivity index (χ1n) is 6.03. The van der Waals surface area contributed by atoms with Crippen molar-refractivity contribution in [3.05, 3.63) is 23.6 Å². The van der Waals surface area contributed by atoms with Gasteiger partial charge in [-0.05, 0) is 24.3 Å². The summed E-state index contributed by atoms with van der Waals surface area (Å²) in [5.74, 6) is -1.84. The van der Waals surface area contributed by atoms with Crippen LogP contribution in [0.4, 0.5) is 10.2 Å². The van der Waals surface area contributed by atoms with E-state index in [0.29, 0.717) is 6.54 Å². The van der Waals surface area contributed by atoms with Crippen molar-refractivity contribution in [2.45, 2.75) is 26.7 Å². The Morgan fingerprint density at radius 1 is 1.56 bits per heavy atom. The molecule has 0 amide bonds. The van der Waals surface area contributed by atoms with E-state index in [0.717, 1.165) is 19.4 Å². The number of aromatic nitrogens is 1. The summed E-state index contributed by atoms with van der Waals surface area (Å²) in [7, 11) is 0. The molecule has 5 heteroatoms. The fourth-order valence-corrected chi connectivity index (χ4v) is 2.42. The Kier molecular flexibility index (Phi) is 3.24. The first-order chi connectivity index (χ1) is 8.41. The second-order valence-electron chi connectivity index (χ2n) is 5.49. The molecule has 1 N–H and O–H groups in total. The second kappa shape index (κ2) is 4.55. The normalized spacial score (nSPS) is 18.7. The number of hydrogen-bond acceptors (Lipinski definition) is 3. The lowest BCUT2D eigenvalue weighted by Gasteiger charge is -2.38. The number of rotatable bonds is 2. The van der Waals surface area contributed by atoms with Crippen molar-refractivity contribution < 1.29 is 14.3 Å². The number of nitrogens with zero attached hydrogens (tertiary/aromatic N) is 2. The molecule has 0 atom stereocenters. The van der Waals surface area contributed by atoms with E-state index in [1.54, 1.807) is 0 Å². The van der Waals surface area contributed by atoms with Gasteiger partial charge in [-0.1, -0.05) is 13.8 Å². The van der Waals surface area contributed by atoms with Crippen LogP contribution in [0, 0.1) is 11.2 Å². The van der Waals surface area contributed by atoms with Crippen LogP contribution >= 0.6 is 0 Å². The Labute approximate surface area is 105 Å². The first kappa shape index (κ1) is 12.8. The Hall–Kier alpha value is -1.65. The standard InChI is InChI=1S/C13H17FN2O2/c1-13(2)5-3-7-16(8-13)11-10(14)9(12(17)18)4-6-15-11/h4,6H,3,5,7-8H2,1-2H3,(H,17,18). The summed E-state index contributed by atoms with van der Waals surface area (Å²) in [6.45, 7) is 5.66. The predicted octanol–water partition coefficient (Wildman–Crippen LogP) is 2.55. The van der Waals surface area contributed by atoms with Crippen LogP contribution in [0.5, 0.6) is 0 Å². The molecule has 0 aromatic carbocycles. The van der Waals surface area contributed by atoms with Gasteiger partial charge in [0, 0.05) is 19.3 Å². The first-order valence-corrected chi connectivity index (χ1v) is 6.03. The maximum Gasteiger partial charge on any atom is 0.338 e. The molecule has 0 aliphatic carbocycles. The molecule has 1 aliphatic rings. The van der Waals surface area contributed by atoms with Gasteiger partial charge in [0.25, 0.3) is 0 Å². The minimum atomic E-state index is -1.26. The molecule has 98 valence electrons. The Bertz CT molecular complexity index is 474. The summed E-state index contributed by atoms with van der Waals surface area (Å²) in [6, 6.07) is 1.19. The van der Waals surface area contributed by atoms with E-state index >= 15 is 0 Å². The van der Waals surface area contributed by atoms with E-state index in [4.69, 9.17) is 5.11 Å². The average Bonchev–Trinajstić information content (AvgIpc) is 2.27. The number of carboxylic acid groups (broad SMARTS) is 1. The lowest BCUT2D eigenvalue weighted by atomic mass is 9.84. The lowest BCUT2D eigenvalue weighted by molar-refractivity contribution is 0.0691. The van der Waals surface area contributed by atoms with Crippen molar-refractivity contribution in [2.75, 3.05) is 18.0 Å². The van der Waals surface area contributed by atoms with Gasteiger partial charge in [0.15, 0.2) is 11.6 Å². The fourth-order valence-electron chi connectivity index (χ4n) is 2.42. The van der Waals surface area contributed by atoms with Gasteiger partial charge < -0.3 is 10.0 Å². The highest BCUT2D eigenvalue weighted by Crippen LogP contribution is 2.32. The summed E-state index contributed by atoms with van der Waals surface area (Å²) >= 11 is 0. The second-order valence-corrected chi connectivity index (χ2v) is 5.49. The number of pyridine rings is 1. The van der Waals surface area contributed by atoms with Crippen LogP contribution in [0.25, 0.3) is 0 Å². The molecule has 1 saturated heterocycles. The monoisotopic (exact) mass is 252 g/mol. The van der Waals surface area contributed by atoms with E-state index < -0.39 is 11.8 Å². The number of carboxylic acids is 1. The summed E-state index contributed by atoms with van der Waals surface area (Å²) in [5, 5.41) is 8.90. The molecule has 2 rings (SSSR count). The van der Waals surface area contributed by atoms with Crippen molar-refractivity contribution in [1.82, 2.24) is 4.98 Å². The number of anilines is 1. The van der Waals surface area contributed by atoms with Crippen LogP contribution in [-0.2, 0) is 0 Å². The topological polar surface area (TPSA) is 53.4 Å². The van der Waals surface area contributed by atoms with Crippen molar-refractivity contribution in [3.8, 4) is 0 Å². The molecule has 0 radical (unpaired) electrons. The Morgan fingerprint density at radius 3 is 2.89 bits per heavy atom. The van der Waals surface area contributed by atoms with Gasteiger partial charge in [-0.15, -0.1) is 0 Å². The molecule has 0 spiro atoms. The molecular formula is C13H17FN2O2. The molecule has 1 aliphatic heterocycles. The summed E-state index contributed by atoms with van der Waals surface area (Å²) < 4.78 is 14.1. The molecule has 0 bridgehead atoms. The highest BCUT2D eigenvalue weighted by molar-refractivity contribution is 5.88. The quantitative estimate of drug-likeness (QED) is 0.878. The van der Waals surface area contributed by atoms with E-state index in [2.05, 4.69) is 18.8 Å². The Morgan fingerprint density at radius 2 is 2.28 bits per heavy atom. The smallest absolute Gasteiger partial charge is 0.338 e. The lowest BCUT2D eigenvalue weighted by Crippen LogP contribution is -2.41. The number of aromatic carboxylic acids is 1. The SMILES string of the molecule is CC1(C)CCCN(c2nccc(C(=O)O)c2F)C1. The van der Waals surface area contributed by atoms with Crippen molar-refractivity contribution in [1.29, 1.82) is 0 Å². The van der Waals surface area contributed by atoms with Crippen LogP contribution in [0.15, 0.2) is 12.3 Å². The van der Waals surface area contributed by atoms with Crippen molar-refractivity contribution >= 4 is 11.8 Å². The predicted molar refractivity (Wildman–Crippen MR) is 66.4 cm³/mol. The van der Waals surface area contributed by atoms with Gasteiger partial charge in [0.1, 0.15) is 5.56 Å². The van der Waals surface area contributed by atoms with Gasteiger partial charge in [-0.3, -0.25) is 0 Å². The van der Waals surface area contributed by atoms with Crippen molar-refractivity contribution in [3.63, 3.8) is 0 Å². The van der Waals surface area contributed by atoms with E-state index in [-0.39, 0.29) is 16.8 Å². The van der Waals surface area contributed by atoms with Gasteiger partial charge in [0.2, 0.25) is 0 Å². The molecule has 18 heavy (non-hydrogen) atoms. The van der Waals surface area contributed by atoms with Crippen molar-refractivity contribution in [2.24, 2.45) is 5.41 Å². The number of hydrogen-bond donors (Lipinski definition) is 1. The summed E-state index contributed by atoms with van der Waals surface area (Å²) in [4.78, 5) is 16.7. The number of piperidine rings is 1. The molecular weight excluding hydrogens is 235 g/mol. The van der Waals surface area contributed by atoms with Crippen LogP contribution in [-0.4, -0.2) is 29.1 Å². The molecule has 1 fully saturated rings. The zero-order chi connectivity index (χ0) is 13.3. The third kappa shape index (κ3) is 2.44. The average molecular weight is 252 g/mol. The molecule has 0 saturated carbocycles. The molecule has 2 heterocycles. The maximum absolute atomic E-state index is 14.1. The van der Waals surface area contributed by atoms with Crippen LogP contribution < -0.4 is 4.90 Å². The maximum atomic E-state index is 14.1. The van der Waals surface area contributed by atoms with Gasteiger partial charge >= 0.3 is 5.97 Å². The number of carbonyl (C=O) groups is 1. The van der Waals surface area contributed by atoms with E-state index in [1.807, 2.05) is 4.90 Å². The largest absolute Gasteiger partial charge is 0.478 e. The zero-order valence-corrected chi connectivity index (χ0v) is 10.6. The van der Waals surface area contributed by atoms with Crippen LogP contribution in [0.1, 0.15) is 37.0 Å². The van der Waals surface area contributed by atoms with E-state index in [9.17, 15) is 9.18 Å².